The van der Waals surface area contributed by atoms with E-state index in [2.05, 4.69) is 47.9 Å². The summed E-state index contributed by atoms with van der Waals surface area (Å²) in [4.78, 5) is 11.5. The number of anilines is 1. The number of hydrogen-bond donors (Lipinski definition) is 1. The van der Waals surface area contributed by atoms with Gasteiger partial charge in [-0.3, -0.25) is 0 Å². The number of rotatable bonds is 4. The fourth-order valence-electron chi connectivity index (χ4n) is 2.25. The summed E-state index contributed by atoms with van der Waals surface area (Å²) >= 11 is 2.03. The summed E-state index contributed by atoms with van der Waals surface area (Å²) in [5.41, 5.74) is 2.28. The second-order valence-corrected chi connectivity index (χ2v) is 7.39. The number of nitrogens with zero attached hydrogens (tertiary/aromatic N) is 3. The first-order valence-corrected chi connectivity index (χ1v) is 7.92. The molecule has 1 aliphatic rings. The zero-order chi connectivity index (χ0) is 13.9. The van der Waals surface area contributed by atoms with Crippen molar-refractivity contribution in [3.63, 3.8) is 0 Å². The minimum Gasteiger partial charge on any atom is -0.339 e. The Bertz CT molecular complexity index is 433. The van der Waals surface area contributed by atoms with Crippen molar-refractivity contribution in [3.05, 3.63) is 17.5 Å². The third-order valence-electron chi connectivity index (χ3n) is 3.34. The third kappa shape index (κ3) is 3.83. The van der Waals surface area contributed by atoms with Gasteiger partial charge in [-0.25, -0.2) is 9.97 Å². The summed E-state index contributed by atoms with van der Waals surface area (Å²) in [6, 6.07) is 0. The van der Waals surface area contributed by atoms with E-state index in [1.165, 1.54) is 5.56 Å². The van der Waals surface area contributed by atoms with E-state index in [1.54, 1.807) is 0 Å². The molecular formula is C14H24N4S. The Morgan fingerprint density at radius 1 is 1.47 bits per heavy atom. The molecule has 0 spiro atoms. The van der Waals surface area contributed by atoms with Crippen LogP contribution in [0.15, 0.2) is 6.20 Å². The monoisotopic (exact) mass is 280 g/mol. The van der Waals surface area contributed by atoms with Gasteiger partial charge in [-0.2, -0.15) is 11.8 Å². The molecule has 2 heterocycles. The van der Waals surface area contributed by atoms with E-state index < -0.39 is 0 Å². The van der Waals surface area contributed by atoms with Gasteiger partial charge in [-0.05, 0) is 27.3 Å². The lowest BCUT2D eigenvalue weighted by atomic mass is 10.2. The van der Waals surface area contributed by atoms with E-state index >= 15 is 0 Å². The smallest absolute Gasteiger partial charge is 0.225 e. The van der Waals surface area contributed by atoms with Crippen molar-refractivity contribution in [2.45, 2.75) is 39.0 Å². The first-order valence-electron chi connectivity index (χ1n) is 6.94. The van der Waals surface area contributed by atoms with Crippen LogP contribution in [-0.4, -0.2) is 40.1 Å². The van der Waals surface area contributed by atoms with Crippen LogP contribution < -0.4 is 10.2 Å². The molecule has 1 fully saturated rings. The molecule has 1 N–H and O–H groups in total. The van der Waals surface area contributed by atoms with Crippen LogP contribution in [0.3, 0.4) is 0 Å². The summed E-state index contributed by atoms with van der Waals surface area (Å²) in [6.45, 7) is 12.6. The topological polar surface area (TPSA) is 41.1 Å². The molecule has 1 saturated heterocycles. The Morgan fingerprint density at radius 3 is 2.89 bits per heavy atom. The average Bonchev–Trinajstić information content (AvgIpc) is 2.36. The molecule has 1 aliphatic heterocycles. The van der Waals surface area contributed by atoms with Crippen LogP contribution in [0.25, 0.3) is 0 Å². The number of thioether (sulfide) groups is 1. The maximum atomic E-state index is 4.68. The van der Waals surface area contributed by atoms with Crippen LogP contribution >= 0.6 is 11.8 Å². The largest absolute Gasteiger partial charge is 0.339 e. The summed E-state index contributed by atoms with van der Waals surface area (Å²) < 4.78 is 0.290. The van der Waals surface area contributed by atoms with Crippen LogP contribution in [0.4, 0.5) is 5.95 Å². The van der Waals surface area contributed by atoms with Gasteiger partial charge in [-0.15, -0.1) is 0 Å². The van der Waals surface area contributed by atoms with Gasteiger partial charge >= 0.3 is 0 Å². The van der Waals surface area contributed by atoms with Crippen molar-refractivity contribution in [1.82, 2.24) is 15.3 Å². The quantitative estimate of drug-likeness (QED) is 0.916. The molecule has 1 aromatic rings. The Labute approximate surface area is 120 Å². The predicted molar refractivity (Wildman–Crippen MR) is 82.9 cm³/mol. The van der Waals surface area contributed by atoms with Crippen LogP contribution in [0.2, 0.25) is 0 Å². The van der Waals surface area contributed by atoms with E-state index in [0.29, 0.717) is 0 Å². The summed E-state index contributed by atoms with van der Waals surface area (Å²) in [5.74, 6) is 2.03. The number of nitrogens with one attached hydrogen (secondary N) is 1. The lowest BCUT2D eigenvalue weighted by Gasteiger charge is -2.37. The third-order valence-corrected chi connectivity index (χ3v) is 4.64. The molecule has 0 amide bonds. The first kappa shape index (κ1) is 14.6. The molecule has 2 rings (SSSR count). The van der Waals surface area contributed by atoms with Gasteiger partial charge in [0.25, 0.3) is 0 Å². The highest BCUT2D eigenvalue weighted by Crippen LogP contribution is 2.31. The molecule has 0 atom stereocenters. The zero-order valence-electron chi connectivity index (χ0n) is 12.4. The van der Waals surface area contributed by atoms with Crippen molar-refractivity contribution in [2.75, 3.05) is 30.3 Å². The van der Waals surface area contributed by atoms with Gasteiger partial charge in [0, 0.05) is 47.6 Å². The second-order valence-electron chi connectivity index (χ2n) is 5.59. The van der Waals surface area contributed by atoms with E-state index in [4.69, 9.17) is 0 Å². The van der Waals surface area contributed by atoms with E-state index in [1.807, 2.05) is 18.0 Å². The molecule has 4 nitrogen and oxygen atoms in total. The van der Waals surface area contributed by atoms with Gasteiger partial charge in [0.05, 0.1) is 0 Å². The summed E-state index contributed by atoms with van der Waals surface area (Å²) in [5, 5.41) is 3.32. The minimum absolute atomic E-state index is 0.290. The Kier molecular flexibility index (Phi) is 4.68. The highest BCUT2D eigenvalue weighted by molar-refractivity contribution is 8.00. The SMILES string of the molecule is CCNCc1cnc(N2CCSC(C)(C)C2)nc1C. The number of hydrogen-bond acceptors (Lipinski definition) is 5. The molecule has 0 radical (unpaired) electrons. The number of aryl methyl sites for hydroxylation is 1. The zero-order valence-corrected chi connectivity index (χ0v) is 13.2. The molecule has 1 aromatic heterocycles. The van der Waals surface area contributed by atoms with Gasteiger partial charge in [-0.1, -0.05) is 6.92 Å². The molecular weight excluding hydrogens is 256 g/mol. The van der Waals surface area contributed by atoms with Crippen molar-refractivity contribution in [3.8, 4) is 0 Å². The lowest BCUT2D eigenvalue weighted by molar-refractivity contribution is 0.632. The van der Waals surface area contributed by atoms with Crippen LogP contribution in [0.5, 0.6) is 0 Å². The van der Waals surface area contributed by atoms with E-state index in [9.17, 15) is 0 Å². The summed E-state index contributed by atoms with van der Waals surface area (Å²) in [6.07, 6.45) is 1.97. The normalized spacial score (nSPS) is 18.6. The van der Waals surface area contributed by atoms with Crippen LogP contribution in [-0.2, 0) is 6.54 Å². The van der Waals surface area contributed by atoms with Gasteiger partial charge in [0.2, 0.25) is 5.95 Å². The predicted octanol–water partition coefficient (Wildman–Crippen LogP) is 2.23. The van der Waals surface area contributed by atoms with Gasteiger partial charge in [0.1, 0.15) is 0 Å². The molecule has 19 heavy (non-hydrogen) atoms. The molecule has 0 aliphatic carbocycles. The van der Waals surface area contributed by atoms with Crippen LogP contribution in [0, 0.1) is 6.92 Å². The maximum absolute atomic E-state index is 4.68. The molecule has 106 valence electrons. The van der Waals surface area contributed by atoms with E-state index in [-0.39, 0.29) is 4.75 Å². The Balaban J connectivity index is 2.10. The van der Waals surface area contributed by atoms with E-state index in [0.717, 1.165) is 43.6 Å². The van der Waals surface area contributed by atoms with Crippen molar-refractivity contribution in [2.24, 2.45) is 0 Å². The van der Waals surface area contributed by atoms with Crippen molar-refractivity contribution in [1.29, 1.82) is 0 Å². The maximum Gasteiger partial charge on any atom is 0.225 e. The van der Waals surface area contributed by atoms with Gasteiger partial charge in [0.15, 0.2) is 0 Å². The fraction of sp³-hybridized carbons (Fsp3) is 0.714. The molecule has 0 unspecified atom stereocenters. The second kappa shape index (κ2) is 6.09. The fourth-order valence-corrected chi connectivity index (χ4v) is 3.36. The standard InChI is InChI=1S/C14H24N4S/c1-5-15-8-12-9-16-13(17-11(12)2)18-6-7-19-14(3,4)10-18/h9,15H,5-8,10H2,1-4H3. The number of aromatic nitrogens is 2. The average molecular weight is 280 g/mol. The van der Waals surface area contributed by atoms with Gasteiger partial charge < -0.3 is 10.2 Å². The van der Waals surface area contributed by atoms with Crippen molar-refractivity contribution >= 4 is 17.7 Å². The molecule has 5 heteroatoms. The Hall–Kier alpha value is -0.810. The first-order chi connectivity index (χ1) is 9.02. The lowest BCUT2D eigenvalue weighted by Crippen LogP contribution is -2.44. The summed E-state index contributed by atoms with van der Waals surface area (Å²) in [7, 11) is 0. The molecule has 0 saturated carbocycles. The minimum atomic E-state index is 0.290. The highest BCUT2D eigenvalue weighted by Gasteiger charge is 2.28. The molecule has 0 bridgehead atoms. The van der Waals surface area contributed by atoms with Crippen molar-refractivity contribution < 1.29 is 0 Å². The van der Waals surface area contributed by atoms with Crippen LogP contribution in [0.1, 0.15) is 32.0 Å². The highest BCUT2D eigenvalue weighted by atomic mass is 32.2. The Morgan fingerprint density at radius 2 is 2.26 bits per heavy atom. The molecule has 0 aromatic carbocycles.